The van der Waals surface area contributed by atoms with Crippen LogP contribution < -0.4 is 37.1 Å². The summed E-state index contributed by atoms with van der Waals surface area (Å²) in [5.41, 5.74) is 11.9. The molecule has 0 radical (unpaired) electrons. The molecule has 2 saturated heterocycles. The standard InChI is InChI=1S/C22H26N8O6/c23-19-27-17-12(8-29-14(31)4-5-15(29)32)25-20(24)30-9-13(22(34,35)21(17,30)28-19)26-18(33)11-3-1-2-10-6-7-36-16(10)11/h1-3,12-13,17,34-35H,4-9H2,(H6,23,24,25,26,27,28,33)/p+2/t12-,13?,17-,21-/m0/s1. The molecule has 5 aliphatic rings. The Morgan fingerprint density at radius 3 is 2.75 bits per heavy atom. The number of aliphatic hydroxyl groups is 2. The highest BCUT2D eigenvalue weighted by atomic mass is 16.5. The molecule has 0 aliphatic carbocycles. The van der Waals surface area contributed by atoms with E-state index < -0.39 is 35.5 Å². The summed E-state index contributed by atoms with van der Waals surface area (Å²) >= 11 is 0. The van der Waals surface area contributed by atoms with Crippen molar-refractivity contribution in [1.29, 1.82) is 0 Å². The van der Waals surface area contributed by atoms with Gasteiger partial charge in [0, 0.05) is 19.3 Å². The Labute approximate surface area is 205 Å². The van der Waals surface area contributed by atoms with Gasteiger partial charge in [-0.1, -0.05) is 12.1 Å². The molecule has 3 amide bonds. The van der Waals surface area contributed by atoms with Crippen molar-refractivity contribution in [3.63, 3.8) is 0 Å². The van der Waals surface area contributed by atoms with Crippen LogP contribution in [-0.4, -0.2) is 98.6 Å². The molecule has 1 aromatic rings. The maximum absolute atomic E-state index is 13.2. The molecule has 0 bridgehead atoms. The topological polar surface area (TPSA) is 209 Å². The summed E-state index contributed by atoms with van der Waals surface area (Å²) in [5, 5.41) is 31.8. The number of likely N-dealkylation sites (tertiary alicyclic amines) is 1. The smallest absolute Gasteiger partial charge is 0.347 e. The Kier molecular flexibility index (Phi) is 4.72. The van der Waals surface area contributed by atoms with Crippen molar-refractivity contribution in [1.82, 2.24) is 20.9 Å². The monoisotopic (exact) mass is 500 g/mol. The molecule has 2 fully saturated rings. The first-order chi connectivity index (χ1) is 17.1. The number of nitrogens with one attached hydrogen (secondary N) is 4. The van der Waals surface area contributed by atoms with Gasteiger partial charge < -0.3 is 20.3 Å². The lowest BCUT2D eigenvalue weighted by molar-refractivity contribution is -0.674. The molecule has 5 aliphatic heterocycles. The van der Waals surface area contributed by atoms with Crippen molar-refractivity contribution >= 4 is 29.6 Å². The van der Waals surface area contributed by atoms with Crippen molar-refractivity contribution in [2.75, 3.05) is 19.7 Å². The highest BCUT2D eigenvalue weighted by Gasteiger charge is 2.78. The van der Waals surface area contributed by atoms with Crippen molar-refractivity contribution in [3.8, 4) is 5.75 Å². The van der Waals surface area contributed by atoms with Gasteiger partial charge in [0.2, 0.25) is 11.8 Å². The minimum Gasteiger partial charge on any atom is -0.492 e. The summed E-state index contributed by atoms with van der Waals surface area (Å²) in [6, 6.07) is 2.50. The predicted molar refractivity (Wildman–Crippen MR) is 121 cm³/mol. The van der Waals surface area contributed by atoms with Crippen LogP contribution in [0.1, 0.15) is 28.8 Å². The Hall–Kier alpha value is -3.91. The lowest BCUT2D eigenvalue weighted by Crippen LogP contribution is -2.92. The second-order valence-electron chi connectivity index (χ2n) is 9.72. The quantitative estimate of drug-likeness (QED) is 0.111. The molecule has 0 aromatic heterocycles. The van der Waals surface area contributed by atoms with Crippen LogP contribution in [0.15, 0.2) is 18.2 Å². The van der Waals surface area contributed by atoms with Crippen LogP contribution in [0.5, 0.6) is 5.75 Å². The van der Waals surface area contributed by atoms with Crippen LogP contribution in [0.4, 0.5) is 0 Å². The molecule has 1 aromatic carbocycles. The van der Waals surface area contributed by atoms with Gasteiger partial charge in [0.25, 0.3) is 17.4 Å². The summed E-state index contributed by atoms with van der Waals surface area (Å²) in [4.78, 5) is 41.8. The van der Waals surface area contributed by atoms with Crippen molar-refractivity contribution in [2.24, 2.45) is 11.5 Å². The summed E-state index contributed by atoms with van der Waals surface area (Å²) in [6.45, 7) is 0.345. The van der Waals surface area contributed by atoms with E-state index in [4.69, 9.17) is 16.2 Å². The van der Waals surface area contributed by atoms with E-state index in [9.17, 15) is 24.6 Å². The molecule has 0 saturated carbocycles. The molecule has 14 heteroatoms. The number of carbonyl (C=O) groups excluding carboxylic acids is 3. The summed E-state index contributed by atoms with van der Waals surface area (Å²) in [5.74, 6) is -3.12. The lowest BCUT2D eigenvalue weighted by Gasteiger charge is -2.41. The lowest BCUT2D eigenvalue weighted by atomic mass is 9.85. The largest absolute Gasteiger partial charge is 0.492 e. The van der Waals surface area contributed by atoms with E-state index in [1.54, 1.807) is 12.1 Å². The number of guanidine groups is 2. The fraction of sp³-hybridized carbons (Fsp3) is 0.500. The fourth-order valence-corrected chi connectivity index (χ4v) is 6.05. The zero-order valence-electron chi connectivity index (χ0n) is 19.3. The van der Waals surface area contributed by atoms with E-state index in [1.165, 1.54) is 4.58 Å². The van der Waals surface area contributed by atoms with E-state index >= 15 is 0 Å². The first-order valence-electron chi connectivity index (χ1n) is 11.8. The number of hydrogen-bond donors (Lipinski definition) is 8. The molecule has 5 heterocycles. The van der Waals surface area contributed by atoms with Crippen LogP contribution >= 0.6 is 0 Å². The molecule has 1 spiro atoms. The number of nitrogens with zero attached hydrogens (tertiary/aromatic N) is 2. The molecule has 4 atom stereocenters. The van der Waals surface area contributed by atoms with Crippen LogP contribution in [0.2, 0.25) is 0 Å². The van der Waals surface area contributed by atoms with E-state index in [2.05, 4.69) is 20.9 Å². The molecule has 36 heavy (non-hydrogen) atoms. The first-order valence-corrected chi connectivity index (χ1v) is 11.8. The van der Waals surface area contributed by atoms with Gasteiger partial charge in [0.05, 0.1) is 25.3 Å². The van der Waals surface area contributed by atoms with Gasteiger partial charge in [-0.25, -0.2) is 9.89 Å². The Morgan fingerprint density at radius 1 is 1.25 bits per heavy atom. The predicted octanol–water partition coefficient (Wildman–Crippen LogP) is -6.07. The summed E-state index contributed by atoms with van der Waals surface area (Å²) in [7, 11) is 0. The number of rotatable bonds is 4. The number of carbonyl (C=O) groups is 3. The zero-order valence-corrected chi connectivity index (χ0v) is 19.3. The first kappa shape index (κ1) is 22.5. The molecule has 10 N–H and O–H groups in total. The SMILES string of the molecule is NC1=[NH+][C@H]2[C@H](CN3C(=O)CCC3=O)NC(N)=[N+]3CC(NC(=O)c4cccc5c4OCC5)C(O)(O)[C@]23N1. The Balaban J connectivity index is 1.33. The van der Waals surface area contributed by atoms with Gasteiger partial charge in [-0.05, 0) is 11.6 Å². The Bertz CT molecular complexity index is 1240. The number of amides is 3. The number of para-hydroxylation sites is 1. The van der Waals surface area contributed by atoms with Gasteiger partial charge in [0.15, 0.2) is 6.04 Å². The third-order valence-electron chi connectivity index (χ3n) is 7.75. The van der Waals surface area contributed by atoms with Crippen molar-refractivity contribution in [3.05, 3.63) is 29.3 Å². The number of nitrogens with two attached hydrogens (primary N) is 2. The maximum Gasteiger partial charge on any atom is 0.347 e. The minimum absolute atomic E-state index is 0.0544. The molecular formula is C22H28N8O6+2. The number of hydrogen-bond acceptors (Lipinski definition) is 10. The highest BCUT2D eigenvalue weighted by molar-refractivity contribution is 6.02. The molecule has 1 unspecified atom stereocenters. The van der Waals surface area contributed by atoms with Crippen LogP contribution in [0.25, 0.3) is 0 Å². The Morgan fingerprint density at radius 2 is 2.00 bits per heavy atom. The second-order valence-corrected chi connectivity index (χ2v) is 9.72. The zero-order chi connectivity index (χ0) is 25.4. The summed E-state index contributed by atoms with van der Waals surface area (Å²) in [6.07, 6.45) is 0.933. The fourth-order valence-electron chi connectivity index (χ4n) is 6.05. The van der Waals surface area contributed by atoms with Gasteiger partial charge in [-0.2, -0.15) is 0 Å². The van der Waals surface area contributed by atoms with Crippen LogP contribution in [0.3, 0.4) is 0 Å². The van der Waals surface area contributed by atoms with Gasteiger partial charge in [-0.3, -0.25) is 41.1 Å². The highest BCUT2D eigenvalue weighted by Crippen LogP contribution is 2.38. The number of imide groups is 1. The van der Waals surface area contributed by atoms with Crippen LogP contribution in [-0.2, 0) is 16.0 Å². The number of benzene rings is 1. The minimum atomic E-state index is -2.58. The van der Waals surface area contributed by atoms with Gasteiger partial charge in [-0.15, -0.1) is 0 Å². The maximum atomic E-state index is 13.2. The van der Waals surface area contributed by atoms with E-state index in [1.807, 2.05) is 6.07 Å². The van der Waals surface area contributed by atoms with Gasteiger partial charge >= 0.3 is 11.9 Å². The molecule has 6 rings (SSSR count). The van der Waals surface area contributed by atoms with E-state index in [0.717, 1.165) is 10.5 Å². The van der Waals surface area contributed by atoms with E-state index in [0.29, 0.717) is 24.3 Å². The van der Waals surface area contributed by atoms with Crippen molar-refractivity contribution in [2.45, 2.75) is 48.8 Å². The molecule has 14 nitrogen and oxygen atoms in total. The summed E-state index contributed by atoms with van der Waals surface area (Å²) < 4.78 is 7.11. The second kappa shape index (κ2) is 7.54. The van der Waals surface area contributed by atoms with Crippen LogP contribution in [0, 0.1) is 0 Å². The third kappa shape index (κ3) is 2.94. The van der Waals surface area contributed by atoms with Crippen molar-refractivity contribution < 1.29 is 38.9 Å². The normalized spacial score (nSPS) is 31.8. The van der Waals surface area contributed by atoms with E-state index in [-0.39, 0.29) is 49.7 Å². The number of ether oxygens (including phenoxy) is 1. The average Bonchev–Trinajstić information content (AvgIpc) is 3.57. The number of fused-ring (bicyclic) bond motifs is 1. The van der Waals surface area contributed by atoms with Gasteiger partial charge in [0.1, 0.15) is 17.8 Å². The molecule has 190 valence electrons. The third-order valence-corrected chi connectivity index (χ3v) is 7.75. The average molecular weight is 501 g/mol. The molecular weight excluding hydrogens is 472 g/mol.